The molecule has 0 aliphatic carbocycles. The molecule has 6 nitrogen and oxygen atoms in total. The number of hydrogen-bond donors (Lipinski definition) is 2. The quantitative estimate of drug-likeness (QED) is 0.419. The van der Waals surface area contributed by atoms with Crippen LogP contribution in [0.25, 0.3) is 10.9 Å². The van der Waals surface area contributed by atoms with Gasteiger partial charge in [0.1, 0.15) is 0 Å². The van der Waals surface area contributed by atoms with Gasteiger partial charge in [-0.3, -0.25) is 9.59 Å². The third kappa shape index (κ3) is 4.62. The van der Waals surface area contributed by atoms with Gasteiger partial charge in [0.15, 0.2) is 0 Å². The van der Waals surface area contributed by atoms with Crippen molar-refractivity contribution in [2.75, 3.05) is 31.9 Å². The van der Waals surface area contributed by atoms with Crippen molar-refractivity contribution in [2.45, 2.75) is 39.2 Å². The lowest BCUT2D eigenvalue weighted by Crippen LogP contribution is -2.39. The fraction of sp³-hybridized carbons (Fsp3) is 0.500. The van der Waals surface area contributed by atoms with Gasteiger partial charge in [-0.15, -0.1) is 12.4 Å². The third-order valence-corrected chi connectivity index (χ3v) is 5.53. The largest absolute Gasteiger partial charge is 0.397 e. The molecular formula is C20H28Cl2N4O2. The minimum atomic E-state index is -0.581. The zero-order valence-corrected chi connectivity index (χ0v) is 17.9. The Morgan fingerprint density at radius 3 is 2.54 bits per heavy atom. The van der Waals surface area contributed by atoms with Crippen molar-refractivity contribution in [1.29, 1.82) is 0 Å². The third-order valence-electron chi connectivity index (χ3n) is 5.13. The number of nitrogens with zero attached hydrogens (tertiary/aromatic N) is 2. The molecule has 0 atom stereocenters. The summed E-state index contributed by atoms with van der Waals surface area (Å²) in [7, 11) is 0. The maximum absolute atomic E-state index is 12.8. The number of fused-ring (bicyclic) bond motifs is 1. The minimum absolute atomic E-state index is 0. The Bertz CT molecular complexity index is 857. The van der Waals surface area contributed by atoms with E-state index in [2.05, 4.69) is 10.2 Å². The lowest BCUT2D eigenvalue weighted by molar-refractivity contribution is -0.117. The number of aromatic nitrogens is 1. The molecule has 1 fully saturated rings. The number of Topliss-reactive ketones (excluding diaryl/α,β-unsaturated/α-hetero) is 1. The highest BCUT2D eigenvalue weighted by Crippen LogP contribution is 2.34. The molecule has 3 rings (SSSR count). The van der Waals surface area contributed by atoms with Crippen LogP contribution >= 0.6 is 24.0 Å². The average Bonchev–Trinajstić information content (AvgIpc) is 3.05. The molecule has 154 valence electrons. The Kier molecular flexibility index (Phi) is 7.75. The zero-order valence-electron chi connectivity index (χ0n) is 16.3. The van der Waals surface area contributed by atoms with E-state index in [9.17, 15) is 9.59 Å². The molecule has 0 unspecified atom stereocenters. The predicted octanol–water partition coefficient (Wildman–Crippen LogP) is 3.66. The monoisotopic (exact) mass is 426 g/mol. The van der Waals surface area contributed by atoms with E-state index in [1.807, 2.05) is 18.4 Å². The topological polar surface area (TPSA) is 80.4 Å². The summed E-state index contributed by atoms with van der Waals surface area (Å²) in [6, 6.07) is 3.50. The average molecular weight is 427 g/mol. The zero-order chi connectivity index (χ0) is 19.6. The number of benzene rings is 1. The van der Waals surface area contributed by atoms with E-state index < -0.39 is 11.7 Å². The number of halogens is 2. The molecule has 1 aliphatic heterocycles. The number of carbonyl (C=O) groups is 2. The van der Waals surface area contributed by atoms with Gasteiger partial charge in [-0.1, -0.05) is 18.0 Å². The number of carbonyl (C=O) groups excluding carboxylic acids is 2. The second kappa shape index (κ2) is 9.63. The van der Waals surface area contributed by atoms with Gasteiger partial charge in [-0.05, 0) is 51.9 Å². The fourth-order valence-corrected chi connectivity index (χ4v) is 3.89. The van der Waals surface area contributed by atoms with E-state index in [-0.39, 0.29) is 18.4 Å². The molecule has 1 saturated heterocycles. The molecule has 1 aliphatic rings. The molecule has 1 aromatic carbocycles. The van der Waals surface area contributed by atoms with E-state index >= 15 is 0 Å². The number of anilines is 1. The normalized spacial score (nSPS) is 14.9. The smallest absolute Gasteiger partial charge is 0.292 e. The van der Waals surface area contributed by atoms with Crippen molar-refractivity contribution in [3.05, 3.63) is 28.9 Å². The summed E-state index contributed by atoms with van der Waals surface area (Å²) < 4.78 is 1.89. The number of amides is 1. The van der Waals surface area contributed by atoms with Gasteiger partial charge < -0.3 is 20.5 Å². The minimum Gasteiger partial charge on any atom is -0.397 e. The highest BCUT2D eigenvalue weighted by Gasteiger charge is 2.24. The summed E-state index contributed by atoms with van der Waals surface area (Å²) in [6.45, 7) is 7.35. The van der Waals surface area contributed by atoms with Gasteiger partial charge in [-0.2, -0.15) is 0 Å². The molecule has 1 aromatic heterocycles. The van der Waals surface area contributed by atoms with Crippen molar-refractivity contribution in [3.8, 4) is 0 Å². The molecule has 2 heterocycles. The van der Waals surface area contributed by atoms with Crippen LogP contribution in [0.3, 0.4) is 0 Å². The van der Waals surface area contributed by atoms with E-state index in [1.54, 1.807) is 18.3 Å². The second-order valence-electron chi connectivity index (χ2n) is 7.40. The summed E-state index contributed by atoms with van der Waals surface area (Å²) in [6.07, 6.45) is 5.37. The molecule has 0 bridgehead atoms. The number of rotatable bonds is 6. The van der Waals surface area contributed by atoms with Crippen molar-refractivity contribution >= 4 is 52.3 Å². The fourth-order valence-electron chi connectivity index (χ4n) is 3.62. The number of hydrogen-bond acceptors (Lipinski definition) is 4. The van der Waals surface area contributed by atoms with E-state index in [0.29, 0.717) is 33.7 Å². The Labute approximate surface area is 176 Å². The summed E-state index contributed by atoms with van der Waals surface area (Å²) in [5.41, 5.74) is 7.42. The summed E-state index contributed by atoms with van der Waals surface area (Å²) >= 11 is 6.38. The van der Waals surface area contributed by atoms with Crippen molar-refractivity contribution < 1.29 is 9.59 Å². The van der Waals surface area contributed by atoms with Gasteiger partial charge in [0.05, 0.1) is 21.8 Å². The Morgan fingerprint density at radius 2 is 1.89 bits per heavy atom. The molecule has 28 heavy (non-hydrogen) atoms. The maximum atomic E-state index is 12.8. The van der Waals surface area contributed by atoms with Crippen LogP contribution < -0.4 is 11.1 Å². The van der Waals surface area contributed by atoms with Crippen LogP contribution in [0.4, 0.5) is 5.69 Å². The number of likely N-dealkylation sites (tertiary alicyclic amines) is 1. The molecule has 0 spiro atoms. The Morgan fingerprint density at radius 1 is 1.21 bits per heavy atom. The SMILES string of the molecule is CC(C)n1cc(C(=O)C(=O)NCCN2CCCCC2)c2ccc(N)c(Cl)c21.Cl. The van der Waals surface area contributed by atoms with Gasteiger partial charge in [0.2, 0.25) is 0 Å². The van der Waals surface area contributed by atoms with E-state index in [4.69, 9.17) is 17.3 Å². The first-order valence-corrected chi connectivity index (χ1v) is 9.91. The Balaban J connectivity index is 0.00000280. The number of nitrogens with two attached hydrogens (primary N) is 1. The van der Waals surface area contributed by atoms with Gasteiger partial charge >= 0.3 is 0 Å². The number of nitrogens with one attached hydrogen (secondary N) is 1. The van der Waals surface area contributed by atoms with Gasteiger partial charge in [-0.25, -0.2) is 0 Å². The molecule has 3 N–H and O–H groups in total. The van der Waals surface area contributed by atoms with Crippen LogP contribution in [-0.4, -0.2) is 47.3 Å². The van der Waals surface area contributed by atoms with E-state index in [1.165, 1.54) is 19.3 Å². The second-order valence-corrected chi connectivity index (χ2v) is 7.77. The first kappa shape index (κ1) is 22.5. The first-order valence-electron chi connectivity index (χ1n) is 9.53. The molecule has 0 radical (unpaired) electrons. The highest BCUT2D eigenvalue weighted by atomic mass is 35.5. The number of ketones is 1. The lowest BCUT2D eigenvalue weighted by Gasteiger charge is -2.26. The van der Waals surface area contributed by atoms with Gasteiger partial charge in [0, 0.05) is 30.7 Å². The van der Waals surface area contributed by atoms with Crippen LogP contribution in [0.1, 0.15) is 49.5 Å². The molecule has 2 aromatic rings. The summed E-state index contributed by atoms with van der Waals surface area (Å²) in [4.78, 5) is 27.5. The van der Waals surface area contributed by atoms with Crippen LogP contribution in [0, 0.1) is 0 Å². The van der Waals surface area contributed by atoms with Crippen LogP contribution in [-0.2, 0) is 4.79 Å². The predicted molar refractivity (Wildman–Crippen MR) is 117 cm³/mol. The summed E-state index contributed by atoms with van der Waals surface area (Å²) in [5, 5.41) is 3.82. The summed E-state index contributed by atoms with van der Waals surface area (Å²) in [5.74, 6) is -1.12. The molecule has 0 saturated carbocycles. The maximum Gasteiger partial charge on any atom is 0.292 e. The van der Waals surface area contributed by atoms with Crippen molar-refractivity contribution in [2.24, 2.45) is 0 Å². The molecule has 1 amide bonds. The number of nitrogen functional groups attached to an aromatic ring is 1. The van der Waals surface area contributed by atoms with Crippen LogP contribution in [0.5, 0.6) is 0 Å². The first-order chi connectivity index (χ1) is 12.9. The van der Waals surface area contributed by atoms with Crippen molar-refractivity contribution in [1.82, 2.24) is 14.8 Å². The number of piperidine rings is 1. The van der Waals surface area contributed by atoms with Crippen LogP contribution in [0.15, 0.2) is 18.3 Å². The van der Waals surface area contributed by atoms with Crippen molar-refractivity contribution in [3.63, 3.8) is 0 Å². The highest BCUT2D eigenvalue weighted by molar-refractivity contribution is 6.46. The molecular weight excluding hydrogens is 399 g/mol. The van der Waals surface area contributed by atoms with E-state index in [0.717, 1.165) is 19.6 Å². The molecule has 8 heteroatoms. The standard InChI is InChI=1S/C20H27ClN4O2.ClH/c1-13(2)25-12-15(14-6-7-16(22)17(21)18(14)25)19(26)20(27)23-8-11-24-9-4-3-5-10-24;/h6-7,12-13H,3-5,8-11,22H2,1-2H3,(H,23,27);1H. The van der Waals surface area contributed by atoms with Crippen LogP contribution in [0.2, 0.25) is 5.02 Å². The lowest BCUT2D eigenvalue weighted by atomic mass is 10.1. The van der Waals surface area contributed by atoms with Gasteiger partial charge in [0.25, 0.3) is 11.7 Å². The Hall–Kier alpha value is -1.76.